The molecule has 3 aromatic rings. The number of non-ortho nitro benzene ring substituents is 1. The Morgan fingerprint density at radius 1 is 1.17 bits per heavy atom. The maximum absolute atomic E-state index is 12.4. The van der Waals surface area contributed by atoms with Gasteiger partial charge in [0.05, 0.1) is 4.92 Å². The molecule has 0 aliphatic heterocycles. The van der Waals surface area contributed by atoms with E-state index in [9.17, 15) is 20.2 Å². The Labute approximate surface area is 167 Å². The van der Waals surface area contributed by atoms with Gasteiger partial charge < -0.3 is 9.73 Å². The second kappa shape index (κ2) is 8.23. The van der Waals surface area contributed by atoms with Gasteiger partial charge in [-0.25, -0.2) is 0 Å². The van der Waals surface area contributed by atoms with Crippen molar-refractivity contribution in [1.82, 2.24) is 0 Å². The Morgan fingerprint density at radius 2 is 1.97 bits per heavy atom. The Bertz CT molecular complexity index is 1170. The number of nitrogens with one attached hydrogen (secondary N) is 1. The Hall–Kier alpha value is -4.18. The van der Waals surface area contributed by atoms with Crippen molar-refractivity contribution in [1.29, 1.82) is 5.26 Å². The SMILES string of the molecule is Cc1cccc(NC(=O)/C(C#N)=C\c2ccc(-c3cc([N+](=O)[O-])ccc3C)o2)c1. The van der Waals surface area contributed by atoms with Crippen LogP contribution in [-0.2, 0) is 4.79 Å². The summed E-state index contributed by atoms with van der Waals surface area (Å²) in [6, 6.07) is 16.8. The molecule has 2 aromatic carbocycles. The minimum atomic E-state index is -0.553. The number of hydrogen-bond donors (Lipinski definition) is 1. The molecule has 7 heteroatoms. The van der Waals surface area contributed by atoms with Crippen LogP contribution in [0.15, 0.2) is 64.6 Å². The quantitative estimate of drug-likeness (QED) is 0.286. The molecule has 0 fully saturated rings. The smallest absolute Gasteiger partial charge is 0.270 e. The molecule has 0 bridgehead atoms. The molecule has 0 spiro atoms. The molecule has 7 nitrogen and oxygen atoms in total. The van der Waals surface area contributed by atoms with E-state index < -0.39 is 10.8 Å². The number of rotatable bonds is 5. The van der Waals surface area contributed by atoms with Crippen molar-refractivity contribution >= 4 is 23.4 Å². The van der Waals surface area contributed by atoms with Crippen molar-refractivity contribution < 1.29 is 14.1 Å². The second-order valence-corrected chi connectivity index (χ2v) is 6.45. The monoisotopic (exact) mass is 387 g/mol. The largest absolute Gasteiger partial charge is 0.457 e. The van der Waals surface area contributed by atoms with Gasteiger partial charge in [0, 0.05) is 29.5 Å². The van der Waals surface area contributed by atoms with Crippen LogP contribution in [0.25, 0.3) is 17.4 Å². The van der Waals surface area contributed by atoms with Crippen LogP contribution in [0.1, 0.15) is 16.9 Å². The highest BCUT2D eigenvalue weighted by atomic mass is 16.6. The number of benzene rings is 2. The molecule has 0 saturated heterocycles. The molecule has 0 unspecified atom stereocenters. The lowest BCUT2D eigenvalue weighted by molar-refractivity contribution is -0.384. The molecule has 1 N–H and O–H groups in total. The number of furan rings is 1. The number of nitriles is 1. The number of amides is 1. The number of anilines is 1. The van der Waals surface area contributed by atoms with E-state index >= 15 is 0 Å². The second-order valence-electron chi connectivity index (χ2n) is 6.45. The van der Waals surface area contributed by atoms with Crippen LogP contribution >= 0.6 is 0 Å². The van der Waals surface area contributed by atoms with Gasteiger partial charge in [-0.3, -0.25) is 14.9 Å². The standard InChI is InChI=1S/C22H17N3O4/c1-14-4-3-5-17(10-14)24-22(26)16(13-23)11-19-8-9-21(29-19)20-12-18(25(27)28)7-6-15(20)2/h3-12H,1-2H3,(H,24,26)/b16-11-. The molecule has 1 aromatic heterocycles. The molecular weight excluding hydrogens is 370 g/mol. The summed E-state index contributed by atoms with van der Waals surface area (Å²) in [4.78, 5) is 22.9. The minimum Gasteiger partial charge on any atom is -0.457 e. The number of nitrogens with zero attached hydrogens (tertiary/aromatic N) is 2. The van der Waals surface area contributed by atoms with Crippen molar-refractivity contribution in [3.05, 3.63) is 87.2 Å². The van der Waals surface area contributed by atoms with Gasteiger partial charge in [0.2, 0.25) is 0 Å². The maximum atomic E-state index is 12.4. The van der Waals surface area contributed by atoms with Crippen LogP contribution in [0.4, 0.5) is 11.4 Å². The molecule has 29 heavy (non-hydrogen) atoms. The van der Waals surface area contributed by atoms with E-state index in [0.29, 0.717) is 22.8 Å². The number of hydrogen-bond acceptors (Lipinski definition) is 5. The van der Waals surface area contributed by atoms with E-state index in [1.165, 1.54) is 18.2 Å². The lowest BCUT2D eigenvalue weighted by Crippen LogP contribution is -2.13. The highest BCUT2D eigenvalue weighted by molar-refractivity contribution is 6.09. The zero-order valence-electron chi connectivity index (χ0n) is 15.8. The first-order valence-electron chi connectivity index (χ1n) is 8.72. The highest BCUT2D eigenvalue weighted by Gasteiger charge is 2.15. The third kappa shape index (κ3) is 4.57. The fourth-order valence-corrected chi connectivity index (χ4v) is 2.78. The predicted octanol–water partition coefficient (Wildman–Crippen LogP) is 5.02. The van der Waals surface area contributed by atoms with Crippen molar-refractivity contribution in [2.75, 3.05) is 5.32 Å². The van der Waals surface area contributed by atoms with Crippen molar-refractivity contribution in [2.45, 2.75) is 13.8 Å². The van der Waals surface area contributed by atoms with Gasteiger partial charge in [-0.05, 0) is 49.2 Å². The van der Waals surface area contributed by atoms with E-state index in [-0.39, 0.29) is 11.3 Å². The summed E-state index contributed by atoms with van der Waals surface area (Å²) >= 11 is 0. The Balaban J connectivity index is 1.86. The van der Waals surface area contributed by atoms with Crippen LogP contribution in [0.2, 0.25) is 0 Å². The summed E-state index contributed by atoms with van der Waals surface area (Å²) in [7, 11) is 0. The molecule has 0 saturated carbocycles. The first kappa shape index (κ1) is 19.6. The molecule has 0 radical (unpaired) electrons. The molecular formula is C22H17N3O4. The van der Waals surface area contributed by atoms with Gasteiger partial charge in [0.1, 0.15) is 23.2 Å². The van der Waals surface area contributed by atoms with E-state index in [0.717, 1.165) is 11.1 Å². The number of nitro benzene ring substituents is 1. The molecule has 1 heterocycles. The molecule has 144 valence electrons. The highest BCUT2D eigenvalue weighted by Crippen LogP contribution is 2.29. The van der Waals surface area contributed by atoms with Crippen LogP contribution in [-0.4, -0.2) is 10.8 Å². The van der Waals surface area contributed by atoms with Gasteiger partial charge in [-0.15, -0.1) is 0 Å². The molecule has 0 aliphatic rings. The first-order chi connectivity index (χ1) is 13.9. The summed E-state index contributed by atoms with van der Waals surface area (Å²) in [6.45, 7) is 3.71. The third-order valence-corrected chi connectivity index (χ3v) is 4.25. The van der Waals surface area contributed by atoms with Gasteiger partial charge in [-0.1, -0.05) is 18.2 Å². The average Bonchev–Trinajstić information content (AvgIpc) is 3.14. The zero-order valence-corrected chi connectivity index (χ0v) is 15.8. The van der Waals surface area contributed by atoms with Crippen molar-refractivity contribution in [2.24, 2.45) is 0 Å². The molecule has 0 atom stereocenters. The number of carbonyl (C=O) groups excluding carboxylic acids is 1. The van der Waals surface area contributed by atoms with Gasteiger partial charge in [-0.2, -0.15) is 5.26 Å². The lowest BCUT2D eigenvalue weighted by Gasteiger charge is -2.05. The fraction of sp³-hybridized carbons (Fsp3) is 0.0909. The van der Waals surface area contributed by atoms with Crippen molar-refractivity contribution in [3.8, 4) is 17.4 Å². The van der Waals surface area contributed by atoms with E-state index in [2.05, 4.69) is 5.32 Å². The van der Waals surface area contributed by atoms with Gasteiger partial charge >= 0.3 is 0 Å². The predicted molar refractivity (Wildman–Crippen MR) is 109 cm³/mol. The van der Waals surface area contributed by atoms with Gasteiger partial charge in [0.25, 0.3) is 11.6 Å². The van der Waals surface area contributed by atoms with E-state index in [1.807, 2.05) is 26.0 Å². The lowest BCUT2D eigenvalue weighted by atomic mass is 10.1. The average molecular weight is 387 g/mol. The summed E-state index contributed by atoms with van der Waals surface area (Å²) < 4.78 is 5.71. The van der Waals surface area contributed by atoms with Crippen LogP contribution in [0.5, 0.6) is 0 Å². The Kier molecular flexibility index (Phi) is 5.56. The number of nitro groups is 1. The molecule has 0 aliphatic carbocycles. The number of aryl methyl sites for hydroxylation is 2. The summed E-state index contributed by atoms with van der Waals surface area (Å²) in [5.41, 5.74) is 2.77. The van der Waals surface area contributed by atoms with E-state index in [4.69, 9.17) is 4.42 Å². The first-order valence-corrected chi connectivity index (χ1v) is 8.72. The third-order valence-electron chi connectivity index (χ3n) is 4.25. The normalized spacial score (nSPS) is 11.0. The molecule has 3 rings (SSSR count). The summed E-state index contributed by atoms with van der Waals surface area (Å²) in [5.74, 6) is 0.151. The van der Waals surface area contributed by atoms with Crippen molar-refractivity contribution in [3.63, 3.8) is 0 Å². The van der Waals surface area contributed by atoms with Crippen LogP contribution < -0.4 is 5.32 Å². The van der Waals surface area contributed by atoms with Crippen LogP contribution in [0.3, 0.4) is 0 Å². The Morgan fingerprint density at radius 3 is 2.66 bits per heavy atom. The minimum absolute atomic E-state index is 0.0469. The maximum Gasteiger partial charge on any atom is 0.270 e. The molecule has 1 amide bonds. The van der Waals surface area contributed by atoms with E-state index in [1.54, 1.807) is 36.4 Å². The fourth-order valence-electron chi connectivity index (χ4n) is 2.78. The topological polar surface area (TPSA) is 109 Å². The summed E-state index contributed by atoms with van der Waals surface area (Å²) in [6.07, 6.45) is 1.33. The zero-order chi connectivity index (χ0) is 21.0. The summed E-state index contributed by atoms with van der Waals surface area (Å²) in [5, 5.41) is 23.1. The van der Waals surface area contributed by atoms with Crippen LogP contribution in [0, 0.1) is 35.3 Å². The van der Waals surface area contributed by atoms with Gasteiger partial charge in [0.15, 0.2) is 0 Å². The number of carbonyl (C=O) groups is 1.